The van der Waals surface area contributed by atoms with Crippen molar-refractivity contribution in [2.75, 3.05) is 25.6 Å². The smallest absolute Gasteiger partial charge is 0.403 e. The summed E-state index contributed by atoms with van der Waals surface area (Å²) in [5.41, 5.74) is -1.55. The van der Waals surface area contributed by atoms with Gasteiger partial charge in [-0.3, -0.25) is 14.4 Å². The van der Waals surface area contributed by atoms with Crippen molar-refractivity contribution in [1.29, 1.82) is 0 Å². The minimum Gasteiger partial charge on any atom is -0.490 e. The van der Waals surface area contributed by atoms with Crippen molar-refractivity contribution in [2.24, 2.45) is 17.3 Å². The van der Waals surface area contributed by atoms with E-state index in [4.69, 9.17) is 21.1 Å². The van der Waals surface area contributed by atoms with Gasteiger partial charge in [-0.15, -0.1) is 0 Å². The number of rotatable bonds is 14. The van der Waals surface area contributed by atoms with Gasteiger partial charge in [-0.25, -0.2) is 0 Å². The molecule has 258 valence electrons. The summed E-state index contributed by atoms with van der Waals surface area (Å²) >= 11 is 6.25. The molecule has 0 bridgehead atoms. The Morgan fingerprint density at radius 2 is 1.64 bits per heavy atom. The van der Waals surface area contributed by atoms with Crippen LogP contribution in [0.3, 0.4) is 0 Å². The van der Waals surface area contributed by atoms with Gasteiger partial charge in [0.1, 0.15) is 17.8 Å². The van der Waals surface area contributed by atoms with E-state index in [9.17, 15) is 40.7 Å². The Morgan fingerprint density at radius 3 is 2.26 bits per heavy atom. The fraction of sp³-hybridized carbons (Fsp3) is 0.545. The van der Waals surface area contributed by atoms with Crippen LogP contribution in [-0.2, 0) is 16.1 Å². The van der Waals surface area contributed by atoms with Crippen molar-refractivity contribution in [3.63, 3.8) is 0 Å². The maximum atomic E-state index is 13.3. The molecule has 47 heavy (non-hydrogen) atoms. The number of carbonyl (C=O) groups is 3. The number of halogens is 7. The van der Waals surface area contributed by atoms with Crippen LogP contribution in [0, 0.1) is 17.3 Å². The lowest BCUT2D eigenvalue weighted by Crippen LogP contribution is -2.40. The molecule has 2 aliphatic carbocycles. The lowest BCUT2D eigenvalue weighted by Gasteiger charge is -2.29. The van der Waals surface area contributed by atoms with Gasteiger partial charge >= 0.3 is 12.4 Å². The lowest BCUT2D eigenvalue weighted by molar-refractivity contribution is -0.192. The fourth-order valence-electron chi connectivity index (χ4n) is 5.82. The average molecular weight is 691 g/mol. The van der Waals surface area contributed by atoms with E-state index in [2.05, 4.69) is 10.6 Å². The van der Waals surface area contributed by atoms with Crippen LogP contribution in [-0.4, -0.2) is 50.3 Å². The zero-order valence-corrected chi connectivity index (χ0v) is 26.5. The first-order valence-corrected chi connectivity index (χ1v) is 15.8. The second-order valence-electron chi connectivity index (χ2n) is 12.2. The molecule has 2 aromatic carbocycles. The van der Waals surface area contributed by atoms with E-state index < -0.39 is 35.5 Å². The van der Waals surface area contributed by atoms with Crippen LogP contribution in [0.15, 0.2) is 36.4 Å². The molecule has 0 radical (unpaired) electrons. The summed E-state index contributed by atoms with van der Waals surface area (Å²) in [5, 5.41) is 5.03. The second-order valence-corrected chi connectivity index (χ2v) is 12.6. The number of nitrogens with one attached hydrogen (secondary N) is 2. The Balaban J connectivity index is 1.39. The van der Waals surface area contributed by atoms with E-state index >= 15 is 0 Å². The molecule has 2 amide bonds. The van der Waals surface area contributed by atoms with Crippen molar-refractivity contribution < 1.29 is 50.2 Å². The summed E-state index contributed by atoms with van der Waals surface area (Å²) in [4.78, 5) is 38.7. The number of amides is 2. The molecule has 0 aliphatic heterocycles. The van der Waals surface area contributed by atoms with E-state index in [0.29, 0.717) is 31.2 Å². The Morgan fingerprint density at radius 1 is 0.936 bits per heavy atom. The molecular weight excluding hydrogens is 654 g/mol. The highest BCUT2D eigenvalue weighted by atomic mass is 35.5. The van der Waals surface area contributed by atoms with Gasteiger partial charge in [0, 0.05) is 25.8 Å². The van der Waals surface area contributed by atoms with Crippen molar-refractivity contribution in [2.45, 2.75) is 76.7 Å². The van der Waals surface area contributed by atoms with E-state index in [-0.39, 0.29) is 91.2 Å². The number of methoxy groups -OCH3 is 1. The van der Waals surface area contributed by atoms with Crippen LogP contribution < -0.4 is 15.4 Å². The number of alkyl halides is 6. The molecule has 2 saturated carbocycles. The number of ketones is 1. The van der Waals surface area contributed by atoms with Gasteiger partial charge in [0.15, 0.2) is 5.78 Å². The zero-order chi connectivity index (χ0) is 34.4. The summed E-state index contributed by atoms with van der Waals surface area (Å²) in [5.74, 6) is -2.90. The van der Waals surface area contributed by atoms with Crippen LogP contribution in [0.4, 0.5) is 32.0 Å². The molecule has 0 spiro atoms. The highest BCUT2D eigenvalue weighted by Gasteiger charge is 2.68. The molecule has 7 nitrogen and oxygen atoms in total. The third-order valence-electron chi connectivity index (χ3n) is 8.86. The Kier molecular flexibility index (Phi) is 11.9. The maximum Gasteiger partial charge on any atom is 0.403 e. The predicted octanol–water partition coefficient (Wildman–Crippen LogP) is 8.30. The summed E-state index contributed by atoms with van der Waals surface area (Å²) < 4.78 is 89.5. The number of benzene rings is 2. The molecule has 2 N–H and O–H groups in total. The molecule has 0 atom stereocenters. The normalized spacial score (nSPS) is 19.1. The molecule has 0 aromatic heterocycles. The number of ether oxygens (including phenoxy) is 2. The summed E-state index contributed by atoms with van der Waals surface area (Å²) in [7, 11) is 1.50. The summed E-state index contributed by atoms with van der Waals surface area (Å²) in [6, 6.07) is 8.75. The Hall–Kier alpha value is -3.32. The number of carbonyl (C=O) groups excluding carboxylic acids is 3. The monoisotopic (exact) mass is 690 g/mol. The molecule has 2 fully saturated rings. The second kappa shape index (κ2) is 15.3. The first-order valence-electron chi connectivity index (χ1n) is 15.4. The van der Waals surface area contributed by atoms with Crippen LogP contribution in [0.1, 0.15) is 84.1 Å². The topological polar surface area (TPSA) is 93.7 Å². The largest absolute Gasteiger partial charge is 0.490 e. The van der Waals surface area contributed by atoms with Crippen molar-refractivity contribution in [3.8, 4) is 5.75 Å². The van der Waals surface area contributed by atoms with Gasteiger partial charge < -0.3 is 20.1 Å². The zero-order valence-electron chi connectivity index (χ0n) is 25.8. The van der Waals surface area contributed by atoms with E-state index in [1.165, 1.54) is 43.5 Å². The molecule has 0 heterocycles. The highest BCUT2D eigenvalue weighted by molar-refractivity contribution is 6.34. The number of Topliss-reactive ketones (excluding diaryl/α,β-unsaturated/α-hetero) is 1. The fourth-order valence-corrected chi connectivity index (χ4v) is 6.02. The SMILES string of the molecule is COCCOc1ccc(NC(=O)c2cc(CNC(=O)C3(C(F)(F)F)CC3)ccc2Cl)cc1C(=O)CCCC1CCC(C(F)(F)F)CC1. The lowest BCUT2D eigenvalue weighted by atomic mass is 9.79. The van der Waals surface area contributed by atoms with E-state index in [0.717, 1.165) is 0 Å². The van der Waals surface area contributed by atoms with Gasteiger partial charge in [0.25, 0.3) is 5.91 Å². The minimum atomic E-state index is -4.65. The summed E-state index contributed by atoms with van der Waals surface area (Å²) in [6.07, 6.45) is -7.00. The minimum absolute atomic E-state index is 0.00362. The third kappa shape index (κ3) is 9.40. The van der Waals surface area contributed by atoms with Gasteiger partial charge in [0.2, 0.25) is 5.91 Å². The van der Waals surface area contributed by atoms with E-state index in [1.807, 2.05) is 0 Å². The molecule has 4 rings (SSSR count). The average Bonchev–Trinajstić information content (AvgIpc) is 3.84. The molecular formula is C33H37ClF6N2O5. The molecule has 0 unspecified atom stereocenters. The Labute approximate surface area is 273 Å². The molecule has 0 saturated heterocycles. The van der Waals surface area contributed by atoms with Gasteiger partial charge in [0.05, 0.1) is 28.7 Å². The van der Waals surface area contributed by atoms with Gasteiger partial charge in [-0.2, -0.15) is 26.3 Å². The van der Waals surface area contributed by atoms with Crippen LogP contribution in [0.25, 0.3) is 0 Å². The third-order valence-corrected chi connectivity index (χ3v) is 9.19. The van der Waals surface area contributed by atoms with Gasteiger partial charge in [-0.1, -0.05) is 24.1 Å². The molecule has 14 heteroatoms. The van der Waals surface area contributed by atoms with Crippen molar-refractivity contribution in [3.05, 3.63) is 58.1 Å². The quantitative estimate of drug-likeness (QED) is 0.118. The number of anilines is 1. The first-order chi connectivity index (χ1) is 22.1. The van der Waals surface area contributed by atoms with Crippen LogP contribution >= 0.6 is 11.6 Å². The molecule has 2 aliphatic rings. The first kappa shape index (κ1) is 36.5. The van der Waals surface area contributed by atoms with E-state index in [1.54, 1.807) is 0 Å². The predicted molar refractivity (Wildman–Crippen MR) is 162 cm³/mol. The number of hydrogen-bond donors (Lipinski definition) is 2. The van der Waals surface area contributed by atoms with Crippen LogP contribution in [0.2, 0.25) is 5.02 Å². The van der Waals surface area contributed by atoms with Crippen molar-refractivity contribution in [1.82, 2.24) is 5.32 Å². The molecule has 2 aromatic rings. The maximum absolute atomic E-state index is 13.3. The number of hydrogen-bond acceptors (Lipinski definition) is 5. The summed E-state index contributed by atoms with van der Waals surface area (Å²) in [6.45, 7) is 0.178. The Bertz CT molecular complexity index is 1440. The highest BCUT2D eigenvalue weighted by Crippen LogP contribution is 2.57. The van der Waals surface area contributed by atoms with Gasteiger partial charge in [-0.05, 0) is 86.8 Å². The van der Waals surface area contributed by atoms with Crippen LogP contribution in [0.5, 0.6) is 5.75 Å². The van der Waals surface area contributed by atoms with Crippen molar-refractivity contribution >= 4 is 34.9 Å². The standard InChI is InChI=1S/C33H37ClF6N2O5/c1-46-15-16-47-28-12-10-23(18-25(28)27(43)4-2-3-20-5-8-22(9-6-20)32(35,36)37)42-29(44)24-17-21(7-11-26(24)34)19-41-30(45)31(13-14-31)33(38,39)40/h7,10-12,17-18,20,22H,2-6,8-9,13-16,19H2,1H3,(H,41,45)(H,42,44).